The van der Waals surface area contributed by atoms with Crippen LogP contribution in [0.15, 0.2) is 10.7 Å². The Morgan fingerprint density at radius 3 is 2.83 bits per heavy atom. The van der Waals surface area contributed by atoms with E-state index in [-0.39, 0.29) is 0 Å². The van der Waals surface area contributed by atoms with Gasteiger partial charge in [0.05, 0.1) is 0 Å². The molecule has 2 N–H and O–H groups in total. The van der Waals surface area contributed by atoms with Gasteiger partial charge in [0.1, 0.15) is 5.82 Å². The first-order valence-electron chi connectivity index (χ1n) is 4.10. The van der Waals surface area contributed by atoms with E-state index in [9.17, 15) is 0 Å². The summed E-state index contributed by atoms with van der Waals surface area (Å²) < 4.78 is 1.11. The van der Waals surface area contributed by atoms with Crippen LogP contribution in [0.25, 0.3) is 0 Å². The van der Waals surface area contributed by atoms with Crippen molar-refractivity contribution >= 4 is 21.7 Å². The molecule has 0 spiro atoms. The zero-order chi connectivity index (χ0) is 8.72. The van der Waals surface area contributed by atoms with Crippen molar-refractivity contribution in [2.45, 2.75) is 25.7 Å². The third kappa shape index (κ3) is 1.22. The largest absolute Gasteiger partial charge is 0.383 e. The summed E-state index contributed by atoms with van der Waals surface area (Å²) in [5.41, 5.74) is 8.23. The quantitative estimate of drug-likeness (QED) is 0.800. The fraction of sp³-hybridized carbons (Fsp3) is 0.444. The smallest absolute Gasteiger partial charge is 0.126 e. The molecule has 0 aromatic carbocycles. The summed E-state index contributed by atoms with van der Waals surface area (Å²) in [7, 11) is 0. The second kappa shape index (κ2) is 2.73. The third-order valence-electron chi connectivity index (χ3n) is 2.35. The first-order valence-corrected chi connectivity index (χ1v) is 4.90. The SMILES string of the molecule is Cc1c(N)ncc(Br)c1C1CC1. The molecule has 0 aliphatic heterocycles. The third-order valence-corrected chi connectivity index (χ3v) is 2.98. The number of hydrogen-bond donors (Lipinski definition) is 1. The van der Waals surface area contributed by atoms with Crippen molar-refractivity contribution in [1.82, 2.24) is 4.98 Å². The number of pyridine rings is 1. The van der Waals surface area contributed by atoms with E-state index in [0.29, 0.717) is 5.82 Å². The van der Waals surface area contributed by atoms with Crippen molar-refractivity contribution in [2.24, 2.45) is 0 Å². The lowest BCUT2D eigenvalue weighted by Gasteiger charge is -2.08. The molecule has 1 aliphatic carbocycles. The van der Waals surface area contributed by atoms with Crippen LogP contribution in [0.5, 0.6) is 0 Å². The molecule has 1 heterocycles. The van der Waals surface area contributed by atoms with E-state index < -0.39 is 0 Å². The van der Waals surface area contributed by atoms with Gasteiger partial charge in [-0.1, -0.05) is 0 Å². The number of halogens is 1. The molecule has 0 unspecified atom stereocenters. The van der Waals surface area contributed by atoms with Gasteiger partial charge in [-0.3, -0.25) is 0 Å². The molecular weight excluding hydrogens is 216 g/mol. The number of nitrogens with zero attached hydrogens (tertiary/aromatic N) is 1. The number of anilines is 1. The molecule has 1 fully saturated rings. The zero-order valence-corrected chi connectivity index (χ0v) is 8.56. The van der Waals surface area contributed by atoms with Crippen LogP contribution in [0.2, 0.25) is 0 Å². The second-order valence-corrected chi connectivity index (χ2v) is 4.16. The molecule has 12 heavy (non-hydrogen) atoms. The summed E-state index contributed by atoms with van der Waals surface area (Å²) in [6.45, 7) is 2.04. The van der Waals surface area contributed by atoms with Crippen LogP contribution in [0, 0.1) is 6.92 Å². The highest BCUT2D eigenvalue weighted by atomic mass is 79.9. The summed E-state index contributed by atoms with van der Waals surface area (Å²) >= 11 is 3.50. The molecule has 64 valence electrons. The van der Waals surface area contributed by atoms with Crippen LogP contribution in [-0.4, -0.2) is 4.98 Å². The minimum absolute atomic E-state index is 0.667. The summed E-state index contributed by atoms with van der Waals surface area (Å²) in [5, 5.41) is 0. The highest BCUT2D eigenvalue weighted by Gasteiger charge is 2.28. The van der Waals surface area contributed by atoms with E-state index >= 15 is 0 Å². The van der Waals surface area contributed by atoms with E-state index in [1.807, 2.05) is 6.92 Å². The Morgan fingerprint density at radius 1 is 1.58 bits per heavy atom. The van der Waals surface area contributed by atoms with E-state index in [2.05, 4.69) is 20.9 Å². The summed E-state index contributed by atoms with van der Waals surface area (Å²) in [6, 6.07) is 0. The average Bonchev–Trinajstić information content (AvgIpc) is 2.81. The molecule has 1 aromatic rings. The number of aromatic nitrogens is 1. The Labute approximate surface area is 80.3 Å². The number of rotatable bonds is 1. The molecule has 0 atom stereocenters. The monoisotopic (exact) mass is 226 g/mol. The molecule has 1 saturated carbocycles. The maximum absolute atomic E-state index is 5.72. The Kier molecular flexibility index (Phi) is 1.83. The van der Waals surface area contributed by atoms with Crippen molar-refractivity contribution in [3.05, 3.63) is 21.8 Å². The predicted molar refractivity (Wildman–Crippen MR) is 53.1 cm³/mol. The molecule has 2 rings (SSSR count). The summed E-state index contributed by atoms with van der Waals surface area (Å²) in [5.74, 6) is 1.39. The lowest BCUT2D eigenvalue weighted by atomic mass is 10.1. The van der Waals surface area contributed by atoms with Crippen molar-refractivity contribution in [3.63, 3.8) is 0 Å². The van der Waals surface area contributed by atoms with Crippen molar-refractivity contribution in [3.8, 4) is 0 Å². The Hall–Kier alpha value is -0.570. The minimum Gasteiger partial charge on any atom is -0.383 e. The molecule has 1 aliphatic rings. The minimum atomic E-state index is 0.667. The van der Waals surface area contributed by atoms with Crippen LogP contribution >= 0.6 is 15.9 Å². The maximum atomic E-state index is 5.72. The zero-order valence-electron chi connectivity index (χ0n) is 6.97. The van der Waals surface area contributed by atoms with Crippen LogP contribution in [0.3, 0.4) is 0 Å². The number of nitrogen functional groups attached to an aromatic ring is 1. The summed E-state index contributed by atoms with van der Waals surface area (Å²) in [4.78, 5) is 4.08. The topological polar surface area (TPSA) is 38.9 Å². The molecular formula is C9H11BrN2. The molecule has 3 heteroatoms. The van der Waals surface area contributed by atoms with Crippen LogP contribution < -0.4 is 5.73 Å². The van der Waals surface area contributed by atoms with Crippen LogP contribution in [0.4, 0.5) is 5.82 Å². The van der Waals surface area contributed by atoms with Crippen LogP contribution in [-0.2, 0) is 0 Å². The van der Waals surface area contributed by atoms with Gasteiger partial charge in [0.25, 0.3) is 0 Å². The Balaban J connectivity index is 2.55. The fourth-order valence-corrected chi connectivity index (χ4v) is 2.21. The lowest BCUT2D eigenvalue weighted by molar-refractivity contribution is 1.06. The van der Waals surface area contributed by atoms with Gasteiger partial charge < -0.3 is 5.73 Å². The number of hydrogen-bond acceptors (Lipinski definition) is 2. The van der Waals surface area contributed by atoms with Crippen molar-refractivity contribution in [2.75, 3.05) is 5.73 Å². The van der Waals surface area contributed by atoms with Gasteiger partial charge in [0, 0.05) is 10.7 Å². The lowest BCUT2D eigenvalue weighted by Crippen LogP contribution is -1.98. The molecule has 0 amide bonds. The average molecular weight is 227 g/mol. The van der Waals surface area contributed by atoms with Gasteiger partial charge in [-0.2, -0.15) is 0 Å². The first kappa shape index (κ1) is 8.05. The van der Waals surface area contributed by atoms with Crippen LogP contribution in [0.1, 0.15) is 29.9 Å². The Bertz CT molecular complexity index is 319. The predicted octanol–water partition coefficient (Wildman–Crippen LogP) is 2.61. The van der Waals surface area contributed by atoms with Gasteiger partial charge in [-0.05, 0) is 52.7 Å². The molecule has 0 bridgehead atoms. The number of nitrogens with two attached hydrogens (primary N) is 1. The maximum Gasteiger partial charge on any atom is 0.126 e. The molecule has 0 saturated heterocycles. The fourth-order valence-electron chi connectivity index (χ4n) is 1.48. The molecule has 0 radical (unpaired) electrons. The standard InChI is InChI=1S/C9H11BrN2/c1-5-8(6-2-3-6)7(10)4-12-9(5)11/h4,6H,2-3H2,1H3,(H2,11,12). The second-order valence-electron chi connectivity index (χ2n) is 3.30. The van der Waals surface area contributed by atoms with Crippen molar-refractivity contribution < 1.29 is 0 Å². The van der Waals surface area contributed by atoms with E-state index in [1.54, 1.807) is 6.20 Å². The van der Waals surface area contributed by atoms with E-state index in [4.69, 9.17) is 5.73 Å². The van der Waals surface area contributed by atoms with Gasteiger partial charge in [-0.25, -0.2) is 4.98 Å². The highest BCUT2D eigenvalue weighted by molar-refractivity contribution is 9.10. The van der Waals surface area contributed by atoms with Crippen molar-refractivity contribution in [1.29, 1.82) is 0 Å². The van der Waals surface area contributed by atoms with Gasteiger partial charge in [-0.15, -0.1) is 0 Å². The van der Waals surface area contributed by atoms with E-state index in [1.165, 1.54) is 18.4 Å². The first-order chi connectivity index (χ1) is 5.70. The highest BCUT2D eigenvalue weighted by Crippen LogP contribution is 2.45. The van der Waals surface area contributed by atoms with E-state index in [0.717, 1.165) is 16.0 Å². The Morgan fingerprint density at radius 2 is 2.25 bits per heavy atom. The molecule has 1 aromatic heterocycles. The van der Waals surface area contributed by atoms with Gasteiger partial charge in [0.15, 0.2) is 0 Å². The molecule has 2 nitrogen and oxygen atoms in total. The summed E-state index contributed by atoms with van der Waals surface area (Å²) in [6.07, 6.45) is 4.39. The van der Waals surface area contributed by atoms with Gasteiger partial charge >= 0.3 is 0 Å². The normalized spacial score (nSPS) is 16.5. The van der Waals surface area contributed by atoms with Gasteiger partial charge in [0.2, 0.25) is 0 Å².